The van der Waals surface area contributed by atoms with Crippen molar-refractivity contribution in [3.8, 4) is 34.5 Å². The van der Waals surface area contributed by atoms with E-state index >= 15 is 0 Å². The first-order chi connectivity index (χ1) is 24.0. The Balaban J connectivity index is 1.61. The van der Waals surface area contributed by atoms with E-state index in [1.165, 1.54) is 0 Å². The summed E-state index contributed by atoms with van der Waals surface area (Å²) < 4.78 is 37.2. The lowest BCUT2D eigenvalue weighted by molar-refractivity contribution is 0.268. The fourth-order valence-corrected chi connectivity index (χ4v) is 5.75. The van der Waals surface area contributed by atoms with Crippen LogP contribution in [0, 0.1) is 0 Å². The highest BCUT2D eigenvalue weighted by Crippen LogP contribution is 2.48. The smallest absolute Gasteiger partial charge is 0.163 e. The summed E-state index contributed by atoms with van der Waals surface area (Å²) in [6, 6.07) is 11.9. The monoisotopic (exact) mass is 668 g/mol. The van der Waals surface area contributed by atoms with E-state index < -0.39 is 0 Å². The van der Waals surface area contributed by atoms with Gasteiger partial charge < -0.3 is 28.4 Å². The van der Waals surface area contributed by atoms with Crippen LogP contribution in [0.15, 0.2) is 51.4 Å². The van der Waals surface area contributed by atoms with E-state index in [9.17, 15) is 0 Å². The standard InChI is InChI=1S/C39H48N4O6/c1-7-13-44-31-19-25-28(22-34(31)47-16-10-4)40-38-27-21-33(46-15-9-3)36(49-18-12-6)24-30(27)42-39-26-20-32(45-14-8-2)35(48-17-11-5)23-29(26)41-37(25)43(38)39/h19-24H,7-18H2,1-6H3. The predicted octanol–water partition coefficient (Wildman–Crippen LogP) is 9.30. The summed E-state index contributed by atoms with van der Waals surface area (Å²) in [5, 5.41) is 0. The van der Waals surface area contributed by atoms with E-state index in [0.29, 0.717) is 91.6 Å². The molecule has 3 aliphatic rings. The molecule has 0 aliphatic carbocycles. The largest absolute Gasteiger partial charge is 0.490 e. The molecule has 260 valence electrons. The van der Waals surface area contributed by atoms with Gasteiger partial charge in [0.1, 0.15) is 17.5 Å². The average Bonchev–Trinajstić information content (AvgIpc) is 3.12. The van der Waals surface area contributed by atoms with Gasteiger partial charge in [0.25, 0.3) is 0 Å². The van der Waals surface area contributed by atoms with E-state index in [2.05, 4.69) is 41.5 Å². The van der Waals surface area contributed by atoms with Crippen molar-refractivity contribution in [1.82, 2.24) is 4.90 Å². The first-order valence-corrected chi connectivity index (χ1v) is 17.9. The third kappa shape index (κ3) is 6.91. The maximum absolute atomic E-state index is 6.22. The van der Waals surface area contributed by atoms with Crippen LogP contribution < -0.4 is 28.4 Å². The number of benzene rings is 3. The van der Waals surface area contributed by atoms with E-state index in [1.807, 2.05) is 41.3 Å². The highest BCUT2D eigenvalue weighted by atomic mass is 16.5. The van der Waals surface area contributed by atoms with Gasteiger partial charge in [-0.05, 0) is 56.7 Å². The lowest BCUT2D eigenvalue weighted by Crippen LogP contribution is -2.48. The van der Waals surface area contributed by atoms with Crippen LogP contribution in [0.5, 0.6) is 34.5 Å². The van der Waals surface area contributed by atoms with Crippen LogP contribution in [-0.2, 0) is 0 Å². The average molecular weight is 669 g/mol. The van der Waals surface area contributed by atoms with Gasteiger partial charge in [-0.1, -0.05) is 41.5 Å². The molecule has 10 nitrogen and oxygen atoms in total. The quantitative estimate of drug-likeness (QED) is 0.133. The Kier molecular flexibility index (Phi) is 10.9. The topological polar surface area (TPSA) is 95.7 Å². The van der Waals surface area contributed by atoms with Gasteiger partial charge in [-0.2, -0.15) is 0 Å². The zero-order valence-electron chi connectivity index (χ0n) is 29.7. The van der Waals surface area contributed by atoms with E-state index in [0.717, 1.165) is 72.3 Å². The Morgan fingerprint density at radius 3 is 0.816 bits per heavy atom. The highest BCUT2D eigenvalue weighted by molar-refractivity contribution is 6.36. The van der Waals surface area contributed by atoms with Crippen molar-refractivity contribution < 1.29 is 28.4 Å². The minimum absolute atomic E-state index is 0.566. The molecule has 0 spiro atoms. The molecular weight excluding hydrogens is 620 g/mol. The Bertz CT molecular complexity index is 1560. The zero-order valence-corrected chi connectivity index (χ0v) is 29.7. The van der Waals surface area contributed by atoms with Gasteiger partial charge in [0.15, 0.2) is 34.5 Å². The molecule has 0 N–H and O–H groups in total. The van der Waals surface area contributed by atoms with Gasteiger partial charge >= 0.3 is 0 Å². The fourth-order valence-electron chi connectivity index (χ4n) is 5.75. The van der Waals surface area contributed by atoms with E-state index in [4.69, 9.17) is 43.4 Å². The van der Waals surface area contributed by atoms with E-state index in [1.54, 1.807) is 0 Å². The first-order valence-electron chi connectivity index (χ1n) is 17.9. The molecule has 0 unspecified atom stereocenters. The third-order valence-corrected chi connectivity index (χ3v) is 7.99. The summed E-state index contributed by atoms with van der Waals surface area (Å²) in [5.74, 6) is 6.09. The molecule has 0 atom stereocenters. The number of amidine groups is 3. The second-order valence-corrected chi connectivity index (χ2v) is 12.2. The number of nitrogens with zero attached hydrogens (tertiary/aromatic N) is 4. The van der Waals surface area contributed by atoms with Gasteiger partial charge in [0.2, 0.25) is 0 Å². The molecule has 0 fully saturated rings. The van der Waals surface area contributed by atoms with Crippen molar-refractivity contribution in [3.05, 3.63) is 53.1 Å². The summed E-state index contributed by atoms with van der Waals surface area (Å²) in [6.45, 7) is 15.9. The molecular formula is C39H48N4O6. The van der Waals surface area contributed by atoms with Crippen molar-refractivity contribution in [3.63, 3.8) is 0 Å². The van der Waals surface area contributed by atoms with Crippen LogP contribution in [0.1, 0.15) is 96.8 Å². The first kappa shape index (κ1) is 34.1. The van der Waals surface area contributed by atoms with Crippen molar-refractivity contribution >= 4 is 34.6 Å². The third-order valence-electron chi connectivity index (χ3n) is 7.99. The number of fused-ring (bicyclic) bond motifs is 6. The number of ether oxygens (including phenoxy) is 6. The molecule has 49 heavy (non-hydrogen) atoms. The van der Waals surface area contributed by atoms with Crippen molar-refractivity contribution in [2.24, 2.45) is 15.0 Å². The SMILES string of the molecule is CCCOc1cc2c(cc1OCCC)C1=Nc3cc(OCCC)c(OCCC)cc3C3=Nc4cc(OCCC)c(OCCC)cc4C(=N2)N13. The molecule has 0 bridgehead atoms. The molecule has 3 aliphatic heterocycles. The van der Waals surface area contributed by atoms with Crippen LogP contribution >= 0.6 is 0 Å². The van der Waals surface area contributed by atoms with Crippen LogP contribution in [0.2, 0.25) is 0 Å². The van der Waals surface area contributed by atoms with E-state index in [-0.39, 0.29) is 0 Å². The number of hydrogen-bond donors (Lipinski definition) is 0. The van der Waals surface area contributed by atoms with Crippen LogP contribution in [0.3, 0.4) is 0 Å². The lowest BCUT2D eigenvalue weighted by Gasteiger charge is -2.39. The summed E-state index contributed by atoms with van der Waals surface area (Å²) in [5.41, 5.74) is 4.70. The van der Waals surface area contributed by atoms with Crippen molar-refractivity contribution in [1.29, 1.82) is 0 Å². The minimum atomic E-state index is 0.566. The second kappa shape index (κ2) is 15.7. The minimum Gasteiger partial charge on any atom is -0.490 e. The number of hydrogen-bond acceptors (Lipinski definition) is 10. The Morgan fingerprint density at radius 2 is 0.592 bits per heavy atom. The maximum Gasteiger partial charge on any atom is 0.163 e. The molecule has 10 heteroatoms. The summed E-state index contributed by atoms with van der Waals surface area (Å²) in [7, 11) is 0. The van der Waals surface area contributed by atoms with Gasteiger partial charge in [-0.15, -0.1) is 0 Å². The van der Waals surface area contributed by atoms with Gasteiger partial charge in [0.05, 0.1) is 56.7 Å². The predicted molar refractivity (Wildman–Crippen MR) is 194 cm³/mol. The molecule has 0 saturated heterocycles. The van der Waals surface area contributed by atoms with Crippen LogP contribution in [-0.4, -0.2) is 62.0 Å². The molecule has 3 aromatic carbocycles. The molecule has 3 aromatic rings. The molecule has 3 heterocycles. The van der Waals surface area contributed by atoms with Gasteiger partial charge in [-0.3, -0.25) is 4.90 Å². The number of rotatable bonds is 18. The fraction of sp³-hybridized carbons (Fsp3) is 0.462. The maximum atomic E-state index is 6.22. The Morgan fingerprint density at radius 1 is 0.367 bits per heavy atom. The molecule has 0 amide bonds. The molecule has 0 aromatic heterocycles. The summed E-state index contributed by atoms with van der Waals surface area (Å²) in [6.07, 6.45) is 5.23. The van der Waals surface area contributed by atoms with Crippen molar-refractivity contribution in [2.45, 2.75) is 80.1 Å². The second-order valence-electron chi connectivity index (χ2n) is 12.2. The van der Waals surface area contributed by atoms with Gasteiger partial charge in [0, 0.05) is 34.9 Å². The summed E-state index contributed by atoms with van der Waals surface area (Å²) in [4.78, 5) is 17.9. The van der Waals surface area contributed by atoms with Crippen LogP contribution in [0.25, 0.3) is 0 Å². The summed E-state index contributed by atoms with van der Waals surface area (Å²) >= 11 is 0. The van der Waals surface area contributed by atoms with Crippen LogP contribution in [0.4, 0.5) is 17.1 Å². The van der Waals surface area contributed by atoms with Gasteiger partial charge in [-0.25, -0.2) is 15.0 Å². The molecule has 0 saturated carbocycles. The molecule has 0 radical (unpaired) electrons. The zero-order chi connectivity index (χ0) is 34.3. The highest BCUT2D eigenvalue weighted by Gasteiger charge is 2.41. The Hall–Kier alpha value is -4.73. The Labute approximate surface area is 289 Å². The number of aliphatic imine (C=N–C) groups is 3. The molecule has 6 rings (SSSR count). The van der Waals surface area contributed by atoms with Crippen molar-refractivity contribution in [2.75, 3.05) is 39.6 Å². The normalized spacial score (nSPS) is 13.6. The lowest BCUT2D eigenvalue weighted by atomic mass is 9.97.